The first-order valence-electron chi connectivity index (χ1n) is 9.35. The zero-order chi connectivity index (χ0) is 22.8. The number of ether oxygens (including phenoxy) is 2. The highest BCUT2D eigenvalue weighted by atomic mass is 32.2. The zero-order valence-electron chi connectivity index (χ0n) is 17.3. The average Bonchev–Trinajstić information content (AvgIpc) is 3.25. The number of methoxy groups -OCH3 is 1. The van der Waals surface area contributed by atoms with Gasteiger partial charge in [0.1, 0.15) is 0 Å². The van der Waals surface area contributed by atoms with E-state index < -0.39 is 5.97 Å². The predicted molar refractivity (Wildman–Crippen MR) is 127 cm³/mol. The van der Waals surface area contributed by atoms with Gasteiger partial charge in [0.15, 0.2) is 20.2 Å². The summed E-state index contributed by atoms with van der Waals surface area (Å²) in [4.78, 5) is 23.2. The van der Waals surface area contributed by atoms with Crippen LogP contribution in [-0.2, 0) is 15.3 Å². The third kappa shape index (κ3) is 7.66. The van der Waals surface area contributed by atoms with Crippen molar-refractivity contribution in [2.45, 2.75) is 21.4 Å². The third-order valence-electron chi connectivity index (χ3n) is 3.76. The van der Waals surface area contributed by atoms with Crippen molar-refractivity contribution < 1.29 is 19.1 Å². The van der Waals surface area contributed by atoms with Gasteiger partial charge in [-0.15, -0.1) is 10.2 Å². The van der Waals surface area contributed by atoms with E-state index in [4.69, 9.17) is 9.47 Å². The number of rotatable bonds is 10. The molecule has 0 saturated carbocycles. The molecule has 0 aliphatic heterocycles. The summed E-state index contributed by atoms with van der Waals surface area (Å²) >= 11 is 4.38. The number of thioether (sulfide) groups is 2. The molecule has 0 aliphatic carbocycles. The van der Waals surface area contributed by atoms with Crippen molar-refractivity contribution in [3.8, 4) is 11.5 Å². The van der Waals surface area contributed by atoms with Crippen LogP contribution in [0.15, 0.2) is 62.3 Å². The van der Waals surface area contributed by atoms with Gasteiger partial charge in [-0.25, -0.2) is 5.43 Å². The van der Waals surface area contributed by atoms with Crippen molar-refractivity contribution in [1.82, 2.24) is 15.6 Å². The van der Waals surface area contributed by atoms with Crippen molar-refractivity contribution in [1.29, 1.82) is 0 Å². The highest BCUT2D eigenvalue weighted by molar-refractivity contribution is 8.03. The highest BCUT2D eigenvalue weighted by Crippen LogP contribution is 2.30. The summed E-state index contributed by atoms with van der Waals surface area (Å²) in [6, 6.07) is 15.1. The van der Waals surface area contributed by atoms with E-state index in [1.807, 2.05) is 18.2 Å². The Bertz CT molecular complexity index is 1090. The molecule has 3 aromatic rings. The first kappa shape index (κ1) is 23.8. The second-order valence-electron chi connectivity index (χ2n) is 6.19. The molecule has 0 radical (unpaired) electrons. The molecule has 1 aromatic heterocycles. The fraction of sp³-hybridized carbons (Fsp3) is 0.190. The quantitative estimate of drug-likeness (QED) is 0.150. The van der Waals surface area contributed by atoms with Crippen LogP contribution in [0.25, 0.3) is 0 Å². The highest BCUT2D eigenvalue weighted by Gasteiger charge is 2.09. The molecule has 3 rings (SSSR count). The van der Waals surface area contributed by atoms with Crippen LogP contribution in [0.4, 0.5) is 0 Å². The lowest BCUT2D eigenvalue weighted by Crippen LogP contribution is -2.19. The van der Waals surface area contributed by atoms with Crippen molar-refractivity contribution >= 4 is 53.0 Å². The average molecular weight is 489 g/mol. The lowest BCUT2D eigenvalue weighted by Gasteiger charge is -2.08. The summed E-state index contributed by atoms with van der Waals surface area (Å²) in [7, 11) is 1.47. The normalized spacial score (nSPS) is 10.8. The van der Waals surface area contributed by atoms with Crippen LogP contribution in [0.1, 0.15) is 18.1 Å². The molecule has 1 amide bonds. The standard InChI is InChI=1S/C21H20N4O4S3/c1-14(26)29-17-9-8-16(10-18(17)28-2)11-22-23-19(27)13-31-21-25-24-20(32-21)30-12-15-6-4-3-5-7-15/h3-11H,12-13H2,1-2H3,(H,23,27). The molecule has 0 saturated heterocycles. The Labute approximate surface area is 197 Å². The largest absolute Gasteiger partial charge is 0.493 e. The molecule has 0 spiro atoms. The van der Waals surface area contributed by atoms with E-state index in [9.17, 15) is 9.59 Å². The second-order valence-corrected chi connectivity index (χ2v) is 9.62. The van der Waals surface area contributed by atoms with E-state index in [1.165, 1.54) is 48.9 Å². The van der Waals surface area contributed by atoms with E-state index in [2.05, 4.69) is 32.9 Å². The van der Waals surface area contributed by atoms with Crippen molar-refractivity contribution in [3.05, 3.63) is 59.7 Å². The van der Waals surface area contributed by atoms with Gasteiger partial charge in [-0.3, -0.25) is 9.59 Å². The summed E-state index contributed by atoms with van der Waals surface area (Å²) in [5.41, 5.74) is 4.37. The Morgan fingerprint density at radius 2 is 1.84 bits per heavy atom. The van der Waals surface area contributed by atoms with E-state index in [0.29, 0.717) is 17.1 Å². The molecule has 2 aromatic carbocycles. The number of nitrogens with zero attached hydrogens (tertiary/aromatic N) is 3. The van der Waals surface area contributed by atoms with Crippen molar-refractivity contribution in [2.75, 3.05) is 12.9 Å². The molecule has 0 unspecified atom stereocenters. The van der Waals surface area contributed by atoms with Gasteiger partial charge in [0, 0.05) is 12.7 Å². The molecule has 8 nitrogen and oxygen atoms in total. The van der Waals surface area contributed by atoms with Crippen LogP contribution in [0.5, 0.6) is 11.5 Å². The van der Waals surface area contributed by atoms with Gasteiger partial charge in [0.25, 0.3) is 5.91 Å². The summed E-state index contributed by atoms with van der Waals surface area (Å²) in [6.07, 6.45) is 1.48. The molecule has 1 heterocycles. The summed E-state index contributed by atoms with van der Waals surface area (Å²) in [5, 5.41) is 12.2. The summed E-state index contributed by atoms with van der Waals surface area (Å²) in [5.74, 6) is 1.00. The maximum absolute atomic E-state index is 12.0. The van der Waals surface area contributed by atoms with Gasteiger partial charge in [-0.05, 0) is 29.3 Å². The topological polar surface area (TPSA) is 103 Å². The molecule has 0 aliphatic rings. The Morgan fingerprint density at radius 3 is 2.56 bits per heavy atom. The van der Waals surface area contributed by atoms with Crippen LogP contribution in [-0.4, -0.2) is 41.2 Å². The van der Waals surface area contributed by atoms with Crippen LogP contribution in [0, 0.1) is 0 Å². The minimum absolute atomic E-state index is 0.171. The number of carbonyl (C=O) groups excluding carboxylic acids is 2. The molecule has 0 fully saturated rings. The lowest BCUT2D eigenvalue weighted by atomic mass is 10.2. The number of hydrogen-bond acceptors (Lipinski definition) is 10. The predicted octanol–water partition coefficient (Wildman–Crippen LogP) is 4.01. The van der Waals surface area contributed by atoms with Gasteiger partial charge in [0.05, 0.1) is 19.1 Å². The van der Waals surface area contributed by atoms with E-state index in [0.717, 1.165) is 14.4 Å². The van der Waals surface area contributed by atoms with Gasteiger partial charge in [-0.2, -0.15) is 5.10 Å². The number of nitrogens with one attached hydrogen (secondary N) is 1. The summed E-state index contributed by atoms with van der Waals surface area (Å²) < 4.78 is 11.8. The Balaban J connectivity index is 1.44. The van der Waals surface area contributed by atoms with Gasteiger partial charge in [0.2, 0.25) is 0 Å². The number of hydrazone groups is 1. The fourth-order valence-corrected chi connectivity index (χ4v) is 5.14. The van der Waals surface area contributed by atoms with Crippen LogP contribution in [0.3, 0.4) is 0 Å². The van der Waals surface area contributed by atoms with E-state index >= 15 is 0 Å². The Kier molecular flexibility index (Phi) is 9.08. The monoisotopic (exact) mass is 488 g/mol. The van der Waals surface area contributed by atoms with Crippen molar-refractivity contribution in [3.63, 3.8) is 0 Å². The van der Waals surface area contributed by atoms with E-state index in [-0.39, 0.29) is 11.7 Å². The first-order chi connectivity index (χ1) is 15.5. The number of aromatic nitrogens is 2. The second kappa shape index (κ2) is 12.2. The van der Waals surface area contributed by atoms with E-state index in [1.54, 1.807) is 30.0 Å². The molecule has 1 N–H and O–H groups in total. The molecular formula is C21H20N4O4S3. The minimum atomic E-state index is -0.438. The van der Waals surface area contributed by atoms with Crippen LogP contribution >= 0.6 is 34.9 Å². The molecular weight excluding hydrogens is 468 g/mol. The Hall–Kier alpha value is -2.89. The minimum Gasteiger partial charge on any atom is -0.493 e. The zero-order valence-corrected chi connectivity index (χ0v) is 19.8. The molecule has 0 bridgehead atoms. The van der Waals surface area contributed by atoms with Crippen molar-refractivity contribution in [2.24, 2.45) is 5.10 Å². The SMILES string of the molecule is COc1cc(C=NNC(=O)CSc2nnc(SCc3ccccc3)s2)ccc1OC(C)=O. The molecule has 11 heteroatoms. The van der Waals surface area contributed by atoms with Gasteiger partial charge >= 0.3 is 5.97 Å². The number of hydrogen-bond donors (Lipinski definition) is 1. The molecule has 0 atom stereocenters. The Morgan fingerprint density at radius 1 is 1.09 bits per heavy atom. The molecule has 32 heavy (non-hydrogen) atoms. The maximum Gasteiger partial charge on any atom is 0.308 e. The lowest BCUT2D eigenvalue weighted by molar-refractivity contribution is -0.132. The number of carbonyl (C=O) groups is 2. The van der Waals surface area contributed by atoms with Gasteiger partial charge < -0.3 is 9.47 Å². The first-order valence-corrected chi connectivity index (χ1v) is 12.1. The number of benzene rings is 2. The maximum atomic E-state index is 12.0. The third-order valence-corrected chi connectivity index (χ3v) is 7.03. The van der Waals surface area contributed by atoms with Gasteiger partial charge in [-0.1, -0.05) is 65.2 Å². The number of esters is 1. The van der Waals surface area contributed by atoms with Crippen LogP contribution < -0.4 is 14.9 Å². The smallest absolute Gasteiger partial charge is 0.308 e. The summed E-state index contributed by atoms with van der Waals surface area (Å²) in [6.45, 7) is 1.31. The number of amides is 1. The van der Waals surface area contributed by atoms with Crippen LogP contribution in [0.2, 0.25) is 0 Å². The molecule has 166 valence electrons. The fourth-order valence-electron chi connectivity index (χ4n) is 2.38.